The first-order chi connectivity index (χ1) is 10.1. The van der Waals surface area contributed by atoms with Crippen LogP contribution >= 0.6 is 0 Å². The Kier molecular flexibility index (Phi) is 4.87. The summed E-state index contributed by atoms with van der Waals surface area (Å²) in [7, 11) is 0. The number of Topliss-reactive ketones (excluding diaryl/α,β-unsaturated/α-hetero) is 1. The molecule has 0 saturated heterocycles. The normalized spacial score (nSPS) is 14.0. The molecule has 1 aromatic rings. The lowest BCUT2D eigenvalue weighted by molar-refractivity contribution is -0.136. The number of hydrogen-bond donors (Lipinski definition) is 1. The Labute approximate surface area is 122 Å². The fraction of sp³-hybridized carbons (Fsp3) is 0.312. The van der Waals surface area contributed by atoms with E-state index in [1.165, 1.54) is 23.1 Å². The molecular weight excluding hydrogens is 270 g/mol. The second-order valence-corrected chi connectivity index (χ2v) is 4.91. The number of carbonyl (C=O) groups is 3. The summed E-state index contributed by atoms with van der Waals surface area (Å²) in [4.78, 5) is 35.7. The molecule has 0 spiro atoms. The van der Waals surface area contributed by atoms with Crippen LogP contribution in [0.5, 0.6) is 5.75 Å². The maximum absolute atomic E-state index is 11.9. The van der Waals surface area contributed by atoms with E-state index in [9.17, 15) is 19.5 Å². The van der Waals surface area contributed by atoms with E-state index < -0.39 is 0 Å². The molecule has 110 valence electrons. The van der Waals surface area contributed by atoms with Gasteiger partial charge < -0.3 is 5.11 Å². The van der Waals surface area contributed by atoms with E-state index in [1.807, 2.05) is 0 Å². The Balaban J connectivity index is 1.69. The van der Waals surface area contributed by atoms with Gasteiger partial charge in [-0.1, -0.05) is 18.6 Å². The molecule has 5 nitrogen and oxygen atoms in total. The molecule has 0 saturated carbocycles. The van der Waals surface area contributed by atoms with Crippen molar-refractivity contribution in [2.45, 2.75) is 25.7 Å². The highest BCUT2D eigenvalue weighted by atomic mass is 16.3. The highest BCUT2D eigenvalue weighted by molar-refractivity contribution is 6.12. The third kappa shape index (κ3) is 3.78. The summed E-state index contributed by atoms with van der Waals surface area (Å²) < 4.78 is 0. The van der Waals surface area contributed by atoms with Crippen LogP contribution in [0.15, 0.2) is 36.4 Å². The van der Waals surface area contributed by atoms with Gasteiger partial charge in [0.2, 0.25) is 0 Å². The molecule has 21 heavy (non-hydrogen) atoms. The minimum absolute atomic E-state index is 0.00170. The molecular formula is C16H17NO4. The SMILES string of the molecule is O=C(CCCCCN1C(=O)C=CC1=O)c1ccccc1O. The average Bonchev–Trinajstić information content (AvgIpc) is 2.78. The van der Waals surface area contributed by atoms with E-state index in [2.05, 4.69) is 0 Å². The number of ketones is 1. The zero-order chi connectivity index (χ0) is 15.2. The van der Waals surface area contributed by atoms with Crippen molar-refractivity contribution in [1.82, 2.24) is 4.90 Å². The Morgan fingerprint density at radius 3 is 2.33 bits per heavy atom. The monoisotopic (exact) mass is 287 g/mol. The van der Waals surface area contributed by atoms with Crippen molar-refractivity contribution in [2.24, 2.45) is 0 Å². The lowest BCUT2D eigenvalue weighted by Crippen LogP contribution is -2.30. The Hall–Kier alpha value is -2.43. The number of benzene rings is 1. The first-order valence-corrected chi connectivity index (χ1v) is 6.94. The highest BCUT2D eigenvalue weighted by Crippen LogP contribution is 2.18. The van der Waals surface area contributed by atoms with E-state index in [4.69, 9.17) is 0 Å². The van der Waals surface area contributed by atoms with Gasteiger partial charge in [-0.15, -0.1) is 0 Å². The molecule has 2 amide bonds. The van der Waals surface area contributed by atoms with Crippen LogP contribution in [-0.2, 0) is 9.59 Å². The molecule has 0 radical (unpaired) electrons. The van der Waals surface area contributed by atoms with Gasteiger partial charge in [-0.25, -0.2) is 0 Å². The van der Waals surface area contributed by atoms with Gasteiger partial charge in [0, 0.05) is 25.1 Å². The second kappa shape index (κ2) is 6.83. The van der Waals surface area contributed by atoms with E-state index in [-0.39, 0.29) is 23.3 Å². The minimum Gasteiger partial charge on any atom is -0.507 e. The summed E-state index contributed by atoms with van der Waals surface area (Å²) in [5.41, 5.74) is 0.339. The Morgan fingerprint density at radius 1 is 1.00 bits per heavy atom. The summed E-state index contributed by atoms with van der Waals surface area (Å²) in [6, 6.07) is 6.48. The Bertz CT molecular complexity index is 574. The molecule has 0 atom stereocenters. The van der Waals surface area contributed by atoms with Crippen molar-refractivity contribution < 1.29 is 19.5 Å². The number of hydrogen-bond acceptors (Lipinski definition) is 4. The van der Waals surface area contributed by atoms with Crippen LogP contribution in [0.1, 0.15) is 36.0 Å². The number of phenols is 1. The molecule has 1 aliphatic heterocycles. The van der Waals surface area contributed by atoms with Gasteiger partial charge in [0.25, 0.3) is 11.8 Å². The smallest absolute Gasteiger partial charge is 0.253 e. The fourth-order valence-electron chi connectivity index (χ4n) is 2.23. The van der Waals surface area contributed by atoms with Crippen molar-refractivity contribution in [3.05, 3.63) is 42.0 Å². The summed E-state index contributed by atoms with van der Waals surface area (Å²) in [6.45, 7) is 0.384. The zero-order valence-corrected chi connectivity index (χ0v) is 11.6. The predicted molar refractivity (Wildman–Crippen MR) is 76.8 cm³/mol. The number of phenolic OH excluding ortho intramolecular Hbond substituents is 1. The number of nitrogens with zero attached hydrogens (tertiary/aromatic N) is 1. The lowest BCUT2D eigenvalue weighted by atomic mass is 10.0. The van der Waals surface area contributed by atoms with Gasteiger partial charge in [-0.05, 0) is 25.0 Å². The third-order valence-electron chi connectivity index (χ3n) is 3.39. The topological polar surface area (TPSA) is 74.7 Å². The fourth-order valence-corrected chi connectivity index (χ4v) is 2.23. The largest absolute Gasteiger partial charge is 0.507 e. The van der Waals surface area contributed by atoms with Crippen LogP contribution in [-0.4, -0.2) is 34.1 Å². The third-order valence-corrected chi connectivity index (χ3v) is 3.39. The number of para-hydroxylation sites is 1. The molecule has 0 unspecified atom stereocenters. The molecule has 2 rings (SSSR count). The van der Waals surface area contributed by atoms with Gasteiger partial charge in [0.15, 0.2) is 5.78 Å². The number of imide groups is 1. The standard InChI is InChI=1S/C16H17NO4/c18-13(12-6-3-4-8-14(12)19)7-2-1-5-11-17-15(20)9-10-16(17)21/h3-4,6,8-10,19H,1-2,5,7,11H2. The highest BCUT2D eigenvalue weighted by Gasteiger charge is 2.22. The van der Waals surface area contributed by atoms with E-state index in [1.54, 1.807) is 18.2 Å². The quantitative estimate of drug-likeness (QED) is 0.473. The predicted octanol–water partition coefficient (Wildman–Crippen LogP) is 2.06. The van der Waals surface area contributed by atoms with Crippen molar-refractivity contribution in [3.8, 4) is 5.75 Å². The van der Waals surface area contributed by atoms with Gasteiger partial charge in [0.05, 0.1) is 5.56 Å². The number of carbonyl (C=O) groups excluding carboxylic acids is 3. The van der Waals surface area contributed by atoms with E-state index >= 15 is 0 Å². The van der Waals surface area contributed by atoms with Gasteiger partial charge in [-0.3, -0.25) is 19.3 Å². The zero-order valence-electron chi connectivity index (χ0n) is 11.6. The van der Waals surface area contributed by atoms with Crippen LogP contribution in [0.4, 0.5) is 0 Å². The summed E-state index contributed by atoms with van der Waals surface area (Å²) in [5, 5.41) is 9.58. The maximum atomic E-state index is 11.9. The number of amides is 2. The lowest BCUT2D eigenvalue weighted by Gasteiger charge is -2.12. The van der Waals surface area contributed by atoms with Crippen LogP contribution in [0.3, 0.4) is 0 Å². The van der Waals surface area contributed by atoms with Crippen LogP contribution < -0.4 is 0 Å². The van der Waals surface area contributed by atoms with Crippen molar-refractivity contribution >= 4 is 17.6 Å². The molecule has 1 aromatic carbocycles. The van der Waals surface area contributed by atoms with E-state index in [0.717, 1.165) is 6.42 Å². The van der Waals surface area contributed by atoms with E-state index in [0.29, 0.717) is 31.4 Å². The van der Waals surface area contributed by atoms with Crippen LogP contribution in [0.25, 0.3) is 0 Å². The molecule has 0 aromatic heterocycles. The van der Waals surface area contributed by atoms with Gasteiger partial charge in [0.1, 0.15) is 5.75 Å². The molecule has 1 heterocycles. The number of unbranched alkanes of at least 4 members (excludes halogenated alkanes) is 2. The van der Waals surface area contributed by atoms with Crippen molar-refractivity contribution in [1.29, 1.82) is 0 Å². The Morgan fingerprint density at radius 2 is 1.67 bits per heavy atom. The number of aromatic hydroxyl groups is 1. The molecule has 1 aliphatic rings. The summed E-state index contributed by atoms with van der Waals surface area (Å²) in [5.74, 6) is -0.638. The van der Waals surface area contributed by atoms with Crippen LogP contribution in [0, 0.1) is 0 Å². The maximum Gasteiger partial charge on any atom is 0.253 e. The van der Waals surface area contributed by atoms with Crippen molar-refractivity contribution in [3.63, 3.8) is 0 Å². The molecule has 5 heteroatoms. The van der Waals surface area contributed by atoms with Crippen molar-refractivity contribution in [2.75, 3.05) is 6.54 Å². The first-order valence-electron chi connectivity index (χ1n) is 6.94. The summed E-state index contributed by atoms with van der Waals surface area (Å²) in [6.07, 6.45) is 4.96. The van der Waals surface area contributed by atoms with Gasteiger partial charge >= 0.3 is 0 Å². The van der Waals surface area contributed by atoms with Crippen LogP contribution in [0.2, 0.25) is 0 Å². The number of rotatable bonds is 7. The molecule has 0 aliphatic carbocycles. The first kappa shape index (κ1) is 15.0. The van der Waals surface area contributed by atoms with Gasteiger partial charge in [-0.2, -0.15) is 0 Å². The summed E-state index contributed by atoms with van der Waals surface area (Å²) >= 11 is 0. The minimum atomic E-state index is -0.273. The molecule has 0 bridgehead atoms. The molecule has 1 N–H and O–H groups in total. The average molecular weight is 287 g/mol. The second-order valence-electron chi connectivity index (χ2n) is 4.91. The molecule has 0 fully saturated rings.